The van der Waals surface area contributed by atoms with Gasteiger partial charge < -0.3 is 14.4 Å². The minimum atomic E-state index is -0.473. The van der Waals surface area contributed by atoms with Gasteiger partial charge in [-0.1, -0.05) is 55.8 Å². The van der Waals surface area contributed by atoms with Crippen molar-refractivity contribution in [1.29, 1.82) is 0 Å². The largest absolute Gasteiger partial charge is 0.489 e. The van der Waals surface area contributed by atoms with Crippen molar-refractivity contribution in [3.05, 3.63) is 65.7 Å². The molecule has 0 aliphatic heterocycles. The molecule has 2 aromatic carbocycles. The number of carbonyl (C=O) groups excluding carboxylic acids is 1. The first-order valence-electron chi connectivity index (χ1n) is 10.1. The number of benzene rings is 2. The number of nitrogens with zero attached hydrogens (tertiary/aromatic N) is 1. The Morgan fingerprint density at radius 1 is 0.929 bits per heavy atom. The van der Waals surface area contributed by atoms with Gasteiger partial charge >= 0.3 is 6.09 Å². The highest BCUT2D eigenvalue weighted by atomic mass is 16.6. The van der Waals surface area contributed by atoms with Crippen molar-refractivity contribution < 1.29 is 14.3 Å². The summed E-state index contributed by atoms with van der Waals surface area (Å²) in [4.78, 5) is 14.3. The van der Waals surface area contributed by atoms with Gasteiger partial charge in [-0.25, -0.2) is 4.79 Å². The summed E-state index contributed by atoms with van der Waals surface area (Å²) in [7, 11) is 0. The lowest BCUT2D eigenvalue weighted by atomic mass is 10.1. The van der Waals surface area contributed by atoms with Gasteiger partial charge in [-0.2, -0.15) is 0 Å². The summed E-state index contributed by atoms with van der Waals surface area (Å²) in [6.45, 7) is 9.76. The predicted octanol–water partition coefficient (Wildman–Crippen LogP) is 5.85. The van der Waals surface area contributed by atoms with E-state index in [0.29, 0.717) is 13.2 Å². The molecule has 28 heavy (non-hydrogen) atoms. The smallest absolute Gasteiger partial charge is 0.410 e. The van der Waals surface area contributed by atoms with Crippen LogP contribution in [0, 0.1) is 0 Å². The van der Waals surface area contributed by atoms with E-state index in [1.54, 1.807) is 0 Å². The molecule has 0 atom stereocenters. The van der Waals surface area contributed by atoms with E-state index >= 15 is 0 Å². The maximum atomic E-state index is 12.4. The molecule has 4 heteroatoms. The van der Waals surface area contributed by atoms with Gasteiger partial charge in [0.25, 0.3) is 0 Å². The predicted molar refractivity (Wildman–Crippen MR) is 114 cm³/mol. The third kappa shape index (κ3) is 8.03. The molecule has 0 bridgehead atoms. The van der Waals surface area contributed by atoms with Crippen molar-refractivity contribution in [3.8, 4) is 5.75 Å². The van der Waals surface area contributed by atoms with Gasteiger partial charge in [0.1, 0.15) is 18.0 Å². The van der Waals surface area contributed by atoms with E-state index in [1.165, 1.54) is 5.56 Å². The van der Waals surface area contributed by atoms with Crippen LogP contribution >= 0.6 is 0 Å². The van der Waals surface area contributed by atoms with Gasteiger partial charge in [-0.3, -0.25) is 0 Å². The third-order valence-electron chi connectivity index (χ3n) is 4.28. The van der Waals surface area contributed by atoms with Gasteiger partial charge in [0.2, 0.25) is 0 Å². The lowest BCUT2D eigenvalue weighted by Gasteiger charge is -2.27. The fraction of sp³-hybridized carbons (Fsp3) is 0.458. The van der Waals surface area contributed by atoms with Crippen molar-refractivity contribution in [2.24, 2.45) is 0 Å². The van der Waals surface area contributed by atoms with E-state index in [1.807, 2.05) is 56.0 Å². The molecule has 2 rings (SSSR count). The molecule has 0 fully saturated rings. The van der Waals surface area contributed by atoms with Gasteiger partial charge in [0.15, 0.2) is 0 Å². The molecule has 0 saturated carbocycles. The summed E-state index contributed by atoms with van der Waals surface area (Å²) >= 11 is 0. The molecule has 0 spiro atoms. The minimum Gasteiger partial charge on any atom is -0.489 e. The average molecular weight is 384 g/mol. The maximum absolute atomic E-state index is 12.4. The number of hydrogen-bond acceptors (Lipinski definition) is 3. The van der Waals surface area contributed by atoms with E-state index in [9.17, 15) is 4.79 Å². The van der Waals surface area contributed by atoms with Crippen LogP contribution in [0.3, 0.4) is 0 Å². The Hall–Kier alpha value is -2.49. The Morgan fingerprint density at radius 2 is 1.61 bits per heavy atom. The third-order valence-corrected chi connectivity index (χ3v) is 4.28. The molecule has 0 aromatic heterocycles. The zero-order chi connectivity index (χ0) is 20.4. The second-order valence-corrected chi connectivity index (χ2v) is 7.99. The quantitative estimate of drug-likeness (QED) is 0.545. The Balaban J connectivity index is 1.87. The number of hydrogen-bond donors (Lipinski definition) is 0. The summed E-state index contributed by atoms with van der Waals surface area (Å²) in [6.07, 6.45) is 2.59. The lowest BCUT2D eigenvalue weighted by Crippen LogP contribution is -2.38. The SMILES string of the molecule is CCCCN(CCc1ccc(OCc2ccccc2)cc1)C(=O)OC(C)(C)C. The van der Waals surface area contributed by atoms with Crippen LogP contribution in [0.25, 0.3) is 0 Å². The van der Waals surface area contributed by atoms with Crippen LogP contribution in [0.1, 0.15) is 51.7 Å². The molecule has 0 saturated heterocycles. The van der Waals surface area contributed by atoms with Crippen LogP contribution in [0.5, 0.6) is 5.75 Å². The maximum Gasteiger partial charge on any atom is 0.410 e. The standard InChI is InChI=1S/C24H33NO3/c1-5-6-17-25(23(26)28-24(2,3)4)18-16-20-12-14-22(15-13-20)27-19-21-10-8-7-9-11-21/h7-15H,5-6,16-19H2,1-4H3. The number of carbonyl (C=O) groups is 1. The van der Waals surface area contributed by atoms with Gasteiger partial charge in [0.05, 0.1) is 0 Å². The van der Waals surface area contributed by atoms with E-state index in [2.05, 4.69) is 31.2 Å². The summed E-state index contributed by atoms with van der Waals surface area (Å²) < 4.78 is 11.4. The number of amides is 1. The highest BCUT2D eigenvalue weighted by molar-refractivity contribution is 5.68. The highest BCUT2D eigenvalue weighted by Gasteiger charge is 2.21. The molecule has 0 aliphatic rings. The summed E-state index contributed by atoms with van der Waals surface area (Å²) in [5, 5.41) is 0. The van der Waals surface area contributed by atoms with Crippen molar-refractivity contribution >= 4 is 6.09 Å². The van der Waals surface area contributed by atoms with Crippen LogP contribution in [0.2, 0.25) is 0 Å². The molecular weight excluding hydrogens is 350 g/mol. The fourth-order valence-electron chi connectivity index (χ4n) is 2.73. The first kappa shape index (κ1) is 21.8. The van der Waals surface area contributed by atoms with Gasteiger partial charge in [-0.05, 0) is 56.9 Å². The summed E-state index contributed by atoms with van der Waals surface area (Å²) in [5.74, 6) is 0.850. The van der Waals surface area contributed by atoms with Gasteiger partial charge in [0, 0.05) is 13.1 Å². The first-order chi connectivity index (χ1) is 13.4. The van der Waals surface area contributed by atoms with Crippen molar-refractivity contribution in [3.63, 3.8) is 0 Å². The molecule has 2 aromatic rings. The molecule has 0 heterocycles. The second kappa shape index (κ2) is 10.7. The van der Waals surface area contributed by atoms with Crippen LogP contribution < -0.4 is 4.74 Å². The molecule has 4 nitrogen and oxygen atoms in total. The zero-order valence-corrected chi connectivity index (χ0v) is 17.6. The van der Waals surface area contributed by atoms with Crippen LogP contribution in [-0.2, 0) is 17.8 Å². The monoisotopic (exact) mass is 383 g/mol. The minimum absolute atomic E-state index is 0.233. The zero-order valence-electron chi connectivity index (χ0n) is 17.6. The van der Waals surface area contributed by atoms with E-state index in [0.717, 1.165) is 37.1 Å². The number of unbranched alkanes of at least 4 members (excludes halogenated alkanes) is 1. The normalized spacial score (nSPS) is 11.1. The Labute approximate surface area is 169 Å². The molecule has 0 N–H and O–H groups in total. The highest BCUT2D eigenvalue weighted by Crippen LogP contribution is 2.16. The molecule has 0 aliphatic carbocycles. The average Bonchev–Trinajstić information content (AvgIpc) is 2.66. The van der Waals surface area contributed by atoms with Crippen molar-refractivity contribution in [1.82, 2.24) is 4.90 Å². The van der Waals surface area contributed by atoms with E-state index < -0.39 is 5.60 Å². The van der Waals surface area contributed by atoms with Gasteiger partial charge in [-0.15, -0.1) is 0 Å². The Kier molecular flexibility index (Phi) is 8.37. The number of ether oxygens (including phenoxy) is 2. The molecule has 152 valence electrons. The van der Waals surface area contributed by atoms with Crippen molar-refractivity contribution in [2.75, 3.05) is 13.1 Å². The van der Waals surface area contributed by atoms with E-state index in [4.69, 9.17) is 9.47 Å². The number of rotatable bonds is 9. The van der Waals surface area contributed by atoms with Crippen molar-refractivity contribution in [2.45, 2.75) is 59.2 Å². The van der Waals surface area contributed by atoms with E-state index in [-0.39, 0.29) is 6.09 Å². The van der Waals surface area contributed by atoms with Crippen LogP contribution in [0.15, 0.2) is 54.6 Å². The molecular formula is C24H33NO3. The topological polar surface area (TPSA) is 38.8 Å². The summed E-state index contributed by atoms with van der Waals surface area (Å²) in [6, 6.07) is 18.2. The molecule has 1 amide bonds. The fourth-order valence-corrected chi connectivity index (χ4v) is 2.73. The second-order valence-electron chi connectivity index (χ2n) is 7.99. The Bertz CT molecular complexity index is 705. The summed E-state index contributed by atoms with van der Waals surface area (Å²) in [5.41, 5.74) is 1.85. The lowest BCUT2D eigenvalue weighted by molar-refractivity contribution is 0.0249. The Morgan fingerprint density at radius 3 is 2.21 bits per heavy atom. The first-order valence-corrected chi connectivity index (χ1v) is 10.1. The van der Waals surface area contributed by atoms with Crippen LogP contribution in [-0.4, -0.2) is 29.7 Å². The molecule has 0 unspecified atom stereocenters. The van der Waals surface area contributed by atoms with Crippen LogP contribution in [0.4, 0.5) is 4.79 Å². The molecule has 0 radical (unpaired) electrons.